The number of alkyl halides is 3. The van der Waals surface area contributed by atoms with Crippen LogP contribution in [-0.2, 0) is 6.54 Å². The van der Waals surface area contributed by atoms with E-state index < -0.39 is 12.1 Å². The fraction of sp³-hybridized carbons (Fsp3) is 0.786. The molecule has 1 atom stereocenters. The molecular formula is C14H20F3N3S. The standard InChI is InChI=1S/C14H20F3N3S/c1-9-12(7-18-11-4-5-11)21-13(19-9)20-6-2-3-10(8-20)14(15,16)17/h10-11,18H,2-8H2,1H3. The van der Waals surface area contributed by atoms with E-state index in [9.17, 15) is 13.2 Å². The molecule has 0 amide bonds. The molecule has 3 nitrogen and oxygen atoms in total. The van der Waals surface area contributed by atoms with Gasteiger partial charge in [0.1, 0.15) is 0 Å². The molecular weight excluding hydrogens is 299 g/mol. The third-order valence-electron chi connectivity index (χ3n) is 4.16. The first-order valence-corrected chi connectivity index (χ1v) is 8.26. The Bertz CT molecular complexity index is 496. The third kappa shape index (κ3) is 3.69. The second-order valence-corrected chi connectivity index (χ2v) is 7.05. The van der Waals surface area contributed by atoms with Crippen LogP contribution in [0.2, 0.25) is 0 Å². The van der Waals surface area contributed by atoms with E-state index in [-0.39, 0.29) is 13.0 Å². The van der Waals surface area contributed by atoms with Gasteiger partial charge < -0.3 is 10.2 Å². The van der Waals surface area contributed by atoms with Crippen LogP contribution in [0.25, 0.3) is 0 Å². The number of thiazole rings is 1. The van der Waals surface area contributed by atoms with Gasteiger partial charge in [-0.2, -0.15) is 13.2 Å². The number of piperidine rings is 1. The molecule has 0 spiro atoms. The lowest BCUT2D eigenvalue weighted by Gasteiger charge is -2.33. The molecule has 1 aromatic heterocycles. The Labute approximate surface area is 126 Å². The smallest absolute Gasteiger partial charge is 0.347 e. The monoisotopic (exact) mass is 319 g/mol. The van der Waals surface area contributed by atoms with Crippen LogP contribution in [0.1, 0.15) is 36.3 Å². The van der Waals surface area contributed by atoms with Crippen molar-refractivity contribution in [3.63, 3.8) is 0 Å². The number of halogens is 3. The van der Waals surface area contributed by atoms with Crippen LogP contribution in [0.15, 0.2) is 0 Å². The maximum absolute atomic E-state index is 12.9. The molecule has 2 aliphatic rings. The van der Waals surface area contributed by atoms with Crippen LogP contribution in [0.3, 0.4) is 0 Å². The quantitative estimate of drug-likeness (QED) is 0.921. The number of nitrogens with zero attached hydrogens (tertiary/aromatic N) is 2. The van der Waals surface area contributed by atoms with Gasteiger partial charge in [-0.05, 0) is 32.6 Å². The number of rotatable bonds is 4. The van der Waals surface area contributed by atoms with Crippen molar-refractivity contribution in [2.45, 2.75) is 51.4 Å². The van der Waals surface area contributed by atoms with E-state index >= 15 is 0 Å². The van der Waals surface area contributed by atoms with Crippen LogP contribution in [0.4, 0.5) is 18.3 Å². The average Bonchev–Trinajstić information content (AvgIpc) is 3.19. The zero-order valence-corrected chi connectivity index (χ0v) is 12.9. The molecule has 1 unspecified atom stereocenters. The number of hydrogen-bond acceptors (Lipinski definition) is 4. The highest BCUT2D eigenvalue weighted by Gasteiger charge is 2.42. The van der Waals surface area contributed by atoms with Crippen LogP contribution < -0.4 is 10.2 Å². The van der Waals surface area contributed by atoms with Crippen molar-refractivity contribution in [3.05, 3.63) is 10.6 Å². The van der Waals surface area contributed by atoms with Gasteiger partial charge in [-0.1, -0.05) is 0 Å². The predicted molar refractivity (Wildman–Crippen MR) is 77.7 cm³/mol. The highest BCUT2D eigenvalue weighted by Crippen LogP contribution is 2.36. The van der Waals surface area contributed by atoms with Gasteiger partial charge in [-0.25, -0.2) is 4.98 Å². The molecule has 1 saturated heterocycles. The molecule has 118 valence electrons. The molecule has 1 saturated carbocycles. The molecule has 1 aliphatic carbocycles. The van der Waals surface area contributed by atoms with Gasteiger partial charge in [0.15, 0.2) is 5.13 Å². The first-order chi connectivity index (χ1) is 9.93. The van der Waals surface area contributed by atoms with Crippen LogP contribution >= 0.6 is 11.3 Å². The van der Waals surface area contributed by atoms with E-state index in [1.807, 2.05) is 6.92 Å². The molecule has 7 heteroatoms. The van der Waals surface area contributed by atoms with Gasteiger partial charge in [-0.3, -0.25) is 0 Å². The largest absolute Gasteiger partial charge is 0.393 e. The average molecular weight is 319 g/mol. The van der Waals surface area contributed by atoms with Crippen LogP contribution in [-0.4, -0.2) is 30.3 Å². The molecule has 0 aromatic carbocycles. The van der Waals surface area contributed by atoms with E-state index in [0.29, 0.717) is 19.0 Å². The van der Waals surface area contributed by atoms with E-state index in [0.717, 1.165) is 22.2 Å². The summed E-state index contributed by atoms with van der Waals surface area (Å²) < 4.78 is 38.6. The summed E-state index contributed by atoms with van der Waals surface area (Å²) in [5.41, 5.74) is 0.942. The van der Waals surface area contributed by atoms with Crippen molar-refractivity contribution in [2.24, 2.45) is 5.92 Å². The predicted octanol–water partition coefficient (Wildman–Crippen LogP) is 3.48. The molecule has 1 aromatic rings. The van der Waals surface area contributed by atoms with Crippen LogP contribution in [0, 0.1) is 12.8 Å². The molecule has 1 aliphatic heterocycles. The summed E-state index contributed by atoms with van der Waals surface area (Å²) in [5.74, 6) is -1.22. The van der Waals surface area contributed by atoms with Crippen molar-refractivity contribution in [1.82, 2.24) is 10.3 Å². The lowest BCUT2D eigenvalue weighted by Crippen LogP contribution is -2.41. The normalized spacial score (nSPS) is 23.6. The first-order valence-electron chi connectivity index (χ1n) is 7.45. The third-order valence-corrected chi connectivity index (χ3v) is 5.38. The first kappa shape index (κ1) is 15.1. The number of hydrogen-bond donors (Lipinski definition) is 1. The topological polar surface area (TPSA) is 28.2 Å². The van der Waals surface area contributed by atoms with E-state index in [1.165, 1.54) is 24.2 Å². The number of anilines is 1. The van der Waals surface area contributed by atoms with Crippen molar-refractivity contribution in [1.29, 1.82) is 0 Å². The van der Waals surface area contributed by atoms with E-state index in [4.69, 9.17) is 0 Å². The number of nitrogens with one attached hydrogen (secondary N) is 1. The molecule has 21 heavy (non-hydrogen) atoms. The zero-order chi connectivity index (χ0) is 15.0. The Kier molecular flexibility index (Phi) is 4.14. The molecule has 0 bridgehead atoms. The summed E-state index contributed by atoms with van der Waals surface area (Å²) in [4.78, 5) is 7.44. The van der Waals surface area contributed by atoms with Gasteiger partial charge in [0, 0.05) is 30.6 Å². The van der Waals surface area contributed by atoms with Crippen LogP contribution in [0.5, 0.6) is 0 Å². The Morgan fingerprint density at radius 3 is 2.76 bits per heavy atom. The van der Waals surface area contributed by atoms with E-state index in [2.05, 4.69) is 10.3 Å². The highest BCUT2D eigenvalue weighted by molar-refractivity contribution is 7.15. The lowest BCUT2D eigenvalue weighted by molar-refractivity contribution is -0.175. The van der Waals surface area contributed by atoms with Crippen molar-refractivity contribution in [2.75, 3.05) is 18.0 Å². The fourth-order valence-corrected chi connectivity index (χ4v) is 3.70. The fourth-order valence-electron chi connectivity index (χ4n) is 2.65. The molecule has 2 heterocycles. The molecule has 0 radical (unpaired) electrons. The Morgan fingerprint density at radius 1 is 1.33 bits per heavy atom. The van der Waals surface area contributed by atoms with Crippen molar-refractivity contribution < 1.29 is 13.2 Å². The van der Waals surface area contributed by atoms with Gasteiger partial charge in [0.2, 0.25) is 0 Å². The maximum atomic E-state index is 12.9. The van der Waals surface area contributed by atoms with Crippen molar-refractivity contribution >= 4 is 16.5 Å². The van der Waals surface area contributed by atoms with Gasteiger partial charge in [0.25, 0.3) is 0 Å². The molecule has 3 rings (SSSR count). The van der Waals surface area contributed by atoms with Gasteiger partial charge in [-0.15, -0.1) is 11.3 Å². The van der Waals surface area contributed by atoms with Gasteiger partial charge in [0.05, 0.1) is 11.6 Å². The summed E-state index contributed by atoms with van der Waals surface area (Å²) in [5, 5.41) is 4.18. The van der Waals surface area contributed by atoms with Gasteiger partial charge >= 0.3 is 6.18 Å². The highest BCUT2D eigenvalue weighted by atomic mass is 32.1. The second-order valence-electron chi connectivity index (χ2n) is 5.99. The second kappa shape index (κ2) is 5.76. The summed E-state index contributed by atoms with van der Waals surface area (Å²) in [6.45, 7) is 3.45. The maximum Gasteiger partial charge on any atom is 0.393 e. The SMILES string of the molecule is Cc1nc(N2CCCC(C(F)(F)F)C2)sc1CNC1CC1. The zero-order valence-electron chi connectivity index (χ0n) is 12.0. The molecule has 2 fully saturated rings. The Hall–Kier alpha value is -0.820. The summed E-state index contributed by atoms with van der Waals surface area (Å²) in [6, 6.07) is 0.625. The minimum absolute atomic E-state index is 0.0476. The van der Waals surface area contributed by atoms with E-state index in [1.54, 1.807) is 4.90 Å². The summed E-state index contributed by atoms with van der Waals surface area (Å²) in [6.07, 6.45) is -0.825. The lowest BCUT2D eigenvalue weighted by atomic mass is 9.98. The minimum Gasteiger partial charge on any atom is -0.347 e. The number of aryl methyl sites for hydroxylation is 1. The Balaban J connectivity index is 1.66. The summed E-state index contributed by atoms with van der Waals surface area (Å²) >= 11 is 1.53. The summed E-state index contributed by atoms with van der Waals surface area (Å²) in [7, 11) is 0. The Morgan fingerprint density at radius 2 is 2.10 bits per heavy atom. The number of aromatic nitrogens is 1. The minimum atomic E-state index is -4.10. The molecule has 1 N–H and O–H groups in total. The van der Waals surface area contributed by atoms with Crippen molar-refractivity contribution in [3.8, 4) is 0 Å².